The lowest BCUT2D eigenvalue weighted by molar-refractivity contribution is 0.624. The third-order valence-corrected chi connectivity index (χ3v) is 3.12. The van der Waals surface area contributed by atoms with Crippen molar-refractivity contribution in [3.63, 3.8) is 0 Å². The minimum atomic E-state index is 0.630. The lowest BCUT2D eigenvalue weighted by Gasteiger charge is -2.08. The van der Waals surface area contributed by atoms with Gasteiger partial charge in [-0.05, 0) is 38.5 Å². The Balaban J connectivity index is 2.06. The van der Waals surface area contributed by atoms with Crippen LogP contribution in [-0.4, -0.2) is 9.78 Å². The number of nitrogens with two attached hydrogens (primary N) is 1. The molecule has 0 amide bonds. The lowest BCUT2D eigenvalue weighted by atomic mass is 9.98. The van der Waals surface area contributed by atoms with Crippen molar-refractivity contribution in [3.8, 4) is 0 Å². The minimum absolute atomic E-state index is 0.630. The highest BCUT2D eigenvalue weighted by Gasteiger charge is 2.29. The maximum absolute atomic E-state index is 6.07. The predicted molar refractivity (Wildman–Crippen MR) is 51.6 cm³/mol. The number of hydrogen-bond acceptors (Lipinski definition) is 2. The second-order valence-corrected chi connectivity index (χ2v) is 4.19. The molecular weight excluding hydrogens is 162 g/mol. The van der Waals surface area contributed by atoms with E-state index in [0.29, 0.717) is 6.04 Å². The smallest absolute Gasteiger partial charge is 0.125 e. The van der Waals surface area contributed by atoms with Gasteiger partial charge in [0.1, 0.15) is 5.82 Å². The molecule has 70 valence electrons. The van der Waals surface area contributed by atoms with Crippen molar-refractivity contribution in [1.29, 1.82) is 0 Å². The van der Waals surface area contributed by atoms with Crippen molar-refractivity contribution in [3.05, 3.63) is 11.3 Å². The van der Waals surface area contributed by atoms with Gasteiger partial charge in [-0.15, -0.1) is 0 Å². The Hall–Kier alpha value is -0.990. The van der Waals surface area contributed by atoms with Gasteiger partial charge in [-0.25, -0.2) is 4.68 Å². The van der Waals surface area contributed by atoms with Gasteiger partial charge in [-0.3, -0.25) is 0 Å². The van der Waals surface area contributed by atoms with Crippen LogP contribution < -0.4 is 5.73 Å². The summed E-state index contributed by atoms with van der Waals surface area (Å²) in [6.45, 7) is 0. The monoisotopic (exact) mass is 177 g/mol. The Labute approximate surface area is 77.9 Å². The minimum Gasteiger partial charge on any atom is -0.384 e. The highest BCUT2D eigenvalue weighted by Crippen LogP contribution is 2.38. The molecule has 2 aliphatic carbocycles. The van der Waals surface area contributed by atoms with Crippen LogP contribution in [0.1, 0.15) is 43.0 Å². The van der Waals surface area contributed by atoms with E-state index in [-0.39, 0.29) is 0 Å². The summed E-state index contributed by atoms with van der Waals surface area (Å²) in [5, 5.41) is 4.60. The van der Waals surface area contributed by atoms with Crippen LogP contribution in [0.5, 0.6) is 0 Å². The van der Waals surface area contributed by atoms with Gasteiger partial charge in [-0.1, -0.05) is 0 Å². The molecule has 0 aromatic carbocycles. The summed E-state index contributed by atoms with van der Waals surface area (Å²) in [4.78, 5) is 0. The van der Waals surface area contributed by atoms with Crippen molar-refractivity contribution >= 4 is 5.82 Å². The standard InChI is InChI=1S/C10H15N3/c11-10-8-3-1-2-4-9(8)12-13(10)7-5-6-7/h7H,1-6,11H2. The molecule has 3 rings (SSSR count). The molecule has 1 aromatic rings. The van der Waals surface area contributed by atoms with Crippen molar-refractivity contribution < 1.29 is 0 Å². The summed E-state index contributed by atoms with van der Waals surface area (Å²) in [7, 11) is 0. The van der Waals surface area contributed by atoms with E-state index in [0.717, 1.165) is 18.7 Å². The van der Waals surface area contributed by atoms with Gasteiger partial charge in [0.25, 0.3) is 0 Å². The topological polar surface area (TPSA) is 43.8 Å². The van der Waals surface area contributed by atoms with Crippen molar-refractivity contribution in [2.24, 2.45) is 0 Å². The Morgan fingerprint density at radius 1 is 1.23 bits per heavy atom. The molecule has 2 aliphatic rings. The summed E-state index contributed by atoms with van der Waals surface area (Å²) in [5.74, 6) is 0.956. The van der Waals surface area contributed by atoms with Crippen LogP contribution in [0.25, 0.3) is 0 Å². The molecule has 1 fully saturated rings. The highest BCUT2D eigenvalue weighted by molar-refractivity contribution is 5.45. The number of hydrogen-bond donors (Lipinski definition) is 1. The predicted octanol–water partition coefficient (Wildman–Crippen LogP) is 1.68. The molecule has 0 saturated heterocycles. The fourth-order valence-corrected chi connectivity index (χ4v) is 2.20. The molecule has 0 aliphatic heterocycles. The Morgan fingerprint density at radius 3 is 2.69 bits per heavy atom. The maximum Gasteiger partial charge on any atom is 0.125 e. The van der Waals surface area contributed by atoms with Gasteiger partial charge in [-0.2, -0.15) is 5.10 Å². The first kappa shape index (κ1) is 7.42. The Kier molecular flexibility index (Phi) is 1.43. The fraction of sp³-hybridized carbons (Fsp3) is 0.700. The van der Waals surface area contributed by atoms with E-state index >= 15 is 0 Å². The molecule has 0 atom stereocenters. The molecular formula is C10H15N3. The quantitative estimate of drug-likeness (QED) is 0.709. The second-order valence-electron chi connectivity index (χ2n) is 4.19. The summed E-state index contributed by atoms with van der Waals surface area (Å²) < 4.78 is 2.07. The molecule has 1 heterocycles. The van der Waals surface area contributed by atoms with Crippen LogP contribution in [0.4, 0.5) is 5.82 Å². The third kappa shape index (κ3) is 1.06. The second kappa shape index (κ2) is 2.50. The molecule has 0 bridgehead atoms. The van der Waals surface area contributed by atoms with E-state index in [1.807, 2.05) is 0 Å². The molecule has 13 heavy (non-hydrogen) atoms. The molecule has 1 saturated carbocycles. The summed E-state index contributed by atoms with van der Waals surface area (Å²) >= 11 is 0. The average molecular weight is 177 g/mol. The van der Waals surface area contributed by atoms with Gasteiger partial charge in [0, 0.05) is 5.56 Å². The van der Waals surface area contributed by atoms with Crippen LogP contribution in [0.3, 0.4) is 0 Å². The van der Waals surface area contributed by atoms with E-state index in [1.54, 1.807) is 0 Å². The van der Waals surface area contributed by atoms with Crippen LogP contribution in [0.2, 0.25) is 0 Å². The summed E-state index contributed by atoms with van der Waals surface area (Å²) in [6.07, 6.45) is 7.39. The van der Waals surface area contributed by atoms with E-state index in [2.05, 4.69) is 9.78 Å². The number of fused-ring (bicyclic) bond motifs is 1. The average Bonchev–Trinajstić information content (AvgIpc) is 2.94. The Bertz CT molecular complexity index is 336. The van der Waals surface area contributed by atoms with Gasteiger partial charge < -0.3 is 5.73 Å². The number of aryl methyl sites for hydroxylation is 1. The molecule has 3 nitrogen and oxygen atoms in total. The number of rotatable bonds is 1. The SMILES string of the molecule is Nc1c2c(nn1C1CC1)CCCC2. The number of anilines is 1. The van der Waals surface area contributed by atoms with Gasteiger partial charge in [0.05, 0.1) is 11.7 Å². The number of nitrogen functional groups attached to an aromatic ring is 1. The molecule has 3 heteroatoms. The first-order valence-electron chi connectivity index (χ1n) is 5.22. The molecule has 2 N–H and O–H groups in total. The third-order valence-electron chi connectivity index (χ3n) is 3.12. The molecule has 0 spiro atoms. The Morgan fingerprint density at radius 2 is 2.00 bits per heavy atom. The van der Waals surface area contributed by atoms with Crippen LogP contribution in [0, 0.1) is 0 Å². The van der Waals surface area contributed by atoms with Crippen LogP contribution in [-0.2, 0) is 12.8 Å². The van der Waals surface area contributed by atoms with Gasteiger partial charge in [0.15, 0.2) is 0 Å². The van der Waals surface area contributed by atoms with E-state index in [4.69, 9.17) is 5.73 Å². The first-order chi connectivity index (χ1) is 6.36. The van der Waals surface area contributed by atoms with Crippen LogP contribution in [0.15, 0.2) is 0 Å². The lowest BCUT2D eigenvalue weighted by Crippen LogP contribution is -2.03. The van der Waals surface area contributed by atoms with Crippen molar-refractivity contribution in [2.75, 3.05) is 5.73 Å². The summed E-state index contributed by atoms with van der Waals surface area (Å²) in [5.41, 5.74) is 8.68. The number of aromatic nitrogens is 2. The zero-order valence-corrected chi connectivity index (χ0v) is 7.79. The highest BCUT2D eigenvalue weighted by atomic mass is 15.3. The van der Waals surface area contributed by atoms with E-state index in [1.165, 1.54) is 36.9 Å². The van der Waals surface area contributed by atoms with Gasteiger partial charge >= 0.3 is 0 Å². The molecule has 0 unspecified atom stereocenters. The molecule has 0 radical (unpaired) electrons. The zero-order chi connectivity index (χ0) is 8.84. The van der Waals surface area contributed by atoms with E-state index < -0.39 is 0 Å². The first-order valence-corrected chi connectivity index (χ1v) is 5.22. The van der Waals surface area contributed by atoms with Crippen molar-refractivity contribution in [1.82, 2.24) is 9.78 Å². The largest absolute Gasteiger partial charge is 0.384 e. The fourth-order valence-electron chi connectivity index (χ4n) is 2.20. The molecule has 1 aromatic heterocycles. The zero-order valence-electron chi connectivity index (χ0n) is 7.79. The van der Waals surface area contributed by atoms with Crippen molar-refractivity contribution in [2.45, 2.75) is 44.6 Å². The normalized spacial score (nSPS) is 21.5. The van der Waals surface area contributed by atoms with Crippen LogP contribution >= 0.6 is 0 Å². The van der Waals surface area contributed by atoms with Gasteiger partial charge in [0.2, 0.25) is 0 Å². The number of nitrogens with zero attached hydrogens (tertiary/aromatic N) is 2. The van der Waals surface area contributed by atoms with E-state index in [9.17, 15) is 0 Å². The summed E-state index contributed by atoms with van der Waals surface area (Å²) in [6, 6.07) is 0.630. The maximum atomic E-state index is 6.07.